The molecule has 0 unspecified atom stereocenters. The lowest BCUT2D eigenvalue weighted by Gasteiger charge is -2.36. The molecule has 1 saturated heterocycles. The monoisotopic (exact) mass is 372 g/mol. The SMILES string of the molecule is O=C(N[C@@H]1CCN(c2cnccn2)C[C@H]1O)c1cn2cc(Cl)ccc2n1. The van der Waals surface area contributed by atoms with Crippen LogP contribution in [0.4, 0.5) is 5.82 Å². The van der Waals surface area contributed by atoms with Crippen molar-refractivity contribution < 1.29 is 9.90 Å². The summed E-state index contributed by atoms with van der Waals surface area (Å²) >= 11 is 5.95. The Morgan fingerprint density at radius 3 is 2.96 bits per heavy atom. The molecule has 26 heavy (non-hydrogen) atoms. The van der Waals surface area contributed by atoms with Gasteiger partial charge in [0.1, 0.15) is 17.2 Å². The van der Waals surface area contributed by atoms with E-state index < -0.39 is 6.10 Å². The molecule has 4 rings (SSSR count). The van der Waals surface area contributed by atoms with Gasteiger partial charge in [0.05, 0.1) is 23.4 Å². The number of halogens is 1. The van der Waals surface area contributed by atoms with Gasteiger partial charge in [-0.25, -0.2) is 9.97 Å². The summed E-state index contributed by atoms with van der Waals surface area (Å²) in [5, 5.41) is 13.9. The number of nitrogens with zero attached hydrogens (tertiary/aromatic N) is 5. The van der Waals surface area contributed by atoms with E-state index in [4.69, 9.17) is 11.6 Å². The van der Waals surface area contributed by atoms with Crippen LogP contribution >= 0.6 is 11.6 Å². The van der Waals surface area contributed by atoms with E-state index in [-0.39, 0.29) is 17.6 Å². The normalized spacial score (nSPS) is 20.3. The summed E-state index contributed by atoms with van der Waals surface area (Å²) in [7, 11) is 0. The Kier molecular flexibility index (Phi) is 4.44. The number of aliphatic hydroxyl groups excluding tert-OH is 1. The number of carbonyl (C=O) groups is 1. The maximum Gasteiger partial charge on any atom is 0.271 e. The number of aromatic nitrogens is 4. The maximum absolute atomic E-state index is 12.5. The molecule has 1 fully saturated rings. The molecule has 9 heteroatoms. The maximum atomic E-state index is 12.5. The van der Waals surface area contributed by atoms with Crippen molar-refractivity contribution in [3.63, 3.8) is 0 Å². The molecule has 0 aliphatic carbocycles. The molecule has 0 radical (unpaired) electrons. The minimum absolute atomic E-state index is 0.288. The van der Waals surface area contributed by atoms with Crippen LogP contribution in [0.2, 0.25) is 5.02 Å². The van der Waals surface area contributed by atoms with Crippen molar-refractivity contribution in [2.75, 3.05) is 18.0 Å². The average Bonchev–Trinajstić information content (AvgIpc) is 3.07. The standard InChI is InChI=1S/C17H17ClN6O2/c18-11-1-2-15-21-13(9-24(15)8-11)17(26)22-12-3-6-23(10-14(12)25)16-7-19-4-5-20-16/h1-2,4-5,7-9,12,14,25H,3,6,10H2,(H,22,26)/t12-,14-/m1/s1. The molecule has 8 nitrogen and oxygen atoms in total. The summed E-state index contributed by atoms with van der Waals surface area (Å²) in [5.74, 6) is 0.399. The van der Waals surface area contributed by atoms with Crippen molar-refractivity contribution in [1.29, 1.82) is 0 Å². The molecule has 3 aromatic heterocycles. The van der Waals surface area contributed by atoms with E-state index in [1.54, 1.807) is 47.5 Å². The van der Waals surface area contributed by atoms with Crippen LogP contribution in [0.25, 0.3) is 5.65 Å². The lowest BCUT2D eigenvalue weighted by molar-refractivity contribution is 0.0794. The van der Waals surface area contributed by atoms with Crippen LogP contribution in [0.15, 0.2) is 43.1 Å². The highest BCUT2D eigenvalue weighted by atomic mass is 35.5. The Hall–Kier alpha value is -2.71. The van der Waals surface area contributed by atoms with Crippen LogP contribution in [0.1, 0.15) is 16.9 Å². The number of pyridine rings is 1. The Morgan fingerprint density at radius 2 is 2.19 bits per heavy atom. The molecule has 2 atom stereocenters. The number of hydrogen-bond acceptors (Lipinski definition) is 6. The number of rotatable bonds is 3. The number of aliphatic hydroxyl groups is 1. The Bertz CT molecular complexity index is 931. The lowest BCUT2D eigenvalue weighted by atomic mass is 10.0. The van der Waals surface area contributed by atoms with Gasteiger partial charge >= 0.3 is 0 Å². The first kappa shape index (κ1) is 16.7. The number of anilines is 1. The zero-order valence-electron chi connectivity index (χ0n) is 13.8. The van der Waals surface area contributed by atoms with Gasteiger partial charge in [-0.15, -0.1) is 0 Å². The quantitative estimate of drug-likeness (QED) is 0.716. The summed E-state index contributed by atoms with van der Waals surface area (Å²) in [6.45, 7) is 1.05. The van der Waals surface area contributed by atoms with Crippen LogP contribution in [0, 0.1) is 0 Å². The summed E-state index contributed by atoms with van der Waals surface area (Å²) in [5.41, 5.74) is 0.924. The fourth-order valence-electron chi connectivity index (χ4n) is 3.08. The van der Waals surface area contributed by atoms with Gasteiger partial charge in [-0.05, 0) is 18.6 Å². The third kappa shape index (κ3) is 3.33. The minimum atomic E-state index is -0.707. The zero-order valence-corrected chi connectivity index (χ0v) is 14.5. The van der Waals surface area contributed by atoms with Crippen molar-refractivity contribution in [3.05, 3.63) is 53.8 Å². The molecule has 2 N–H and O–H groups in total. The smallest absolute Gasteiger partial charge is 0.271 e. The van der Waals surface area contributed by atoms with Crippen LogP contribution < -0.4 is 10.2 Å². The van der Waals surface area contributed by atoms with Gasteiger partial charge in [-0.2, -0.15) is 0 Å². The molecule has 0 saturated carbocycles. The van der Waals surface area contributed by atoms with Gasteiger partial charge < -0.3 is 19.7 Å². The van der Waals surface area contributed by atoms with Crippen molar-refractivity contribution in [2.24, 2.45) is 0 Å². The van der Waals surface area contributed by atoms with Gasteiger partial charge in [0.15, 0.2) is 0 Å². The minimum Gasteiger partial charge on any atom is -0.389 e. The van der Waals surface area contributed by atoms with E-state index >= 15 is 0 Å². The van der Waals surface area contributed by atoms with Crippen LogP contribution in [0.3, 0.4) is 0 Å². The molecule has 0 bridgehead atoms. The highest BCUT2D eigenvalue weighted by molar-refractivity contribution is 6.30. The second kappa shape index (κ2) is 6.89. The number of β-amino-alcohol motifs (C(OH)–C–C–N with tert-alkyl or cyclic N) is 1. The van der Waals surface area contributed by atoms with Crippen molar-refractivity contribution in [2.45, 2.75) is 18.6 Å². The zero-order chi connectivity index (χ0) is 18.1. The third-order valence-corrected chi connectivity index (χ3v) is 4.64. The van der Waals surface area contributed by atoms with Crippen molar-refractivity contribution in [3.8, 4) is 0 Å². The van der Waals surface area contributed by atoms with E-state index in [0.29, 0.717) is 36.0 Å². The van der Waals surface area contributed by atoms with Gasteiger partial charge in [0.2, 0.25) is 0 Å². The molecular formula is C17H17ClN6O2. The lowest BCUT2D eigenvalue weighted by Crippen LogP contribution is -2.54. The Balaban J connectivity index is 1.43. The van der Waals surface area contributed by atoms with Gasteiger partial charge in [0, 0.05) is 37.9 Å². The topological polar surface area (TPSA) is 95.7 Å². The molecular weight excluding hydrogens is 356 g/mol. The first-order valence-electron chi connectivity index (χ1n) is 8.24. The first-order valence-corrected chi connectivity index (χ1v) is 8.62. The second-order valence-corrected chi connectivity index (χ2v) is 6.62. The fraction of sp³-hybridized carbons (Fsp3) is 0.294. The molecule has 134 valence electrons. The number of nitrogens with one attached hydrogen (secondary N) is 1. The molecule has 0 spiro atoms. The number of hydrogen-bond donors (Lipinski definition) is 2. The summed E-state index contributed by atoms with van der Waals surface area (Å²) < 4.78 is 1.70. The number of amides is 1. The van der Waals surface area contributed by atoms with Crippen molar-refractivity contribution >= 4 is 29.0 Å². The van der Waals surface area contributed by atoms with Crippen molar-refractivity contribution in [1.82, 2.24) is 24.7 Å². The molecule has 1 amide bonds. The van der Waals surface area contributed by atoms with Gasteiger partial charge in [-0.3, -0.25) is 9.78 Å². The summed E-state index contributed by atoms with van der Waals surface area (Å²) in [4.78, 5) is 27.0. The van der Waals surface area contributed by atoms with E-state index in [1.165, 1.54) is 0 Å². The molecule has 4 heterocycles. The van der Waals surface area contributed by atoms with Crippen LogP contribution in [-0.2, 0) is 0 Å². The molecule has 0 aromatic carbocycles. The third-order valence-electron chi connectivity index (χ3n) is 4.42. The highest BCUT2D eigenvalue weighted by Crippen LogP contribution is 2.18. The number of carbonyl (C=O) groups excluding carboxylic acids is 1. The van der Waals surface area contributed by atoms with Crippen LogP contribution in [0.5, 0.6) is 0 Å². The second-order valence-electron chi connectivity index (χ2n) is 6.18. The van der Waals surface area contributed by atoms with Gasteiger partial charge in [-0.1, -0.05) is 11.6 Å². The summed E-state index contributed by atoms with van der Waals surface area (Å²) in [6, 6.07) is 3.12. The number of piperidine rings is 1. The van der Waals surface area contributed by atoms with E-state index in [2.05, 4.69) is 20.3 Å². The van der Waals surface area contributed by atoms with E-state index in [9.17, 15) is 9.90 Å². The molecule has 1 aliphatic heterocycles. The van der Waals surface area contributed by atoms with E-state index in [0.717, 1.165) is 0 Å². The largest absolute Gasteiger partial charge is 0.389 e. The molecule has 1 aliphatic rings. The molecule has 3 aromatic rings. The summed E-state index contributed by atoms with van der Waals surface area (Å²) in [6.07, 6.45) is 8.09. The average molecular weight is 373 g/mol. The number of fused-ring (bicyclic) bond motifs is 1. The Labute approximate surface area is 154 Å². The van der Waals surface area contributed by atoms with Gasteiger partial charge in [0.25, 0.3) is 5.91 Å². The van der Waals surface area contributed by atoms with Crippen LogP contribution in [-0.4, -0.2) is 55.6 Å². The highest BCUT2D eigenvalue weighted by Gasteiger charge is 2.30. The first-order chi connectivity index (χ1) is 12.6. The predicted molar refractivity (Wildman–Crippen MR) is 96.3 cm³/mol. The number of imidazole rings is 1. The predicted octanol–water partition coefficient (Wildman–Crippen LogP) is 1.15. The Morgan fingerprint density at radius 1 is 1.31 bits per heavy atom. The fourth-order valence-corrected chi connectivity index (χ4v) is 3.25. The van der Waals surface area contributed by atoms with E-state index in [1.807, 2.05) is 4.90 Å².